The SMILES string of the molecule is Nc1nccnc1Nc1ccc2ncccc2c1. The van der Waals surface area contributed by atoms with Crippen molar-refractivity contribution in [3.05, 3.63) is 48.9 Å². The predicted octanol–water partition coefficient (Wildman–Crippen LogP) is 2.35. The zero-order chi connectivity index (χ0) is 12.4. The van der Waals surface area contributed by atoms with E-state index in [0.717, 1.165) is 16.6 Å². The molecule has 0 unspecified atom stereocenters. The molecule has 2 heterocycles. The molecule has 0 aliphatic carbocycles. The first kappa shape index (κ1) is 10.5. The normalized spacial score (nSPS) is 10.4. The molecule has 0 saturated carbocycles. The third-order valence-corrected chi connectivity index (χ3v) is 2.59. The fraction of sp³-hybridized carbons (Fsp3) is 0. The number of pyridine rings is 1. The van der Waals surface area contributed by atoms with Crippen molar-refractivity contribution in [2.75, 3.05) is 11.1 Å². The Labute approximate surface area is 104 Å². The fourth-order valence-electron chi connectivity index (χ4n) is 1.74. The lowest BCUT2D eigenvalue weighted by molar-refractivity contribution is 1.21. The van der Waals surface area contributed by atoms with Crippen molar-refractivity contribution < 1.29 is 0 Å². The van der Waals surface area contributed by atoms with E-state index in [0.29, 0.717) is 11.6 Å². The van der Waals surface area contributed by atoms with E-state index >= 15 is 0 Å². The van der Waals surface area contributed by atoms with Crippen LogP contribution in [0.15, 0.2) is 48.9 Å². The first-order chi connectivity index (χ1) is 8.83. The average molecular weight is 237 g/mol. The van der Waals surface area contributed by atoms with Gasteiger partial charge in [-0.1, -0.05) is 6.07 Å². The van der Waals surface area contributed by atoms with Crippen molar-refractivity contribution in [1.82, 2.24) is 15.0 Å². The first-order valence-corrected chi connectivity index (χ1v) is 5.51. The molecule has 2 aromatic heterocycles. The Bertz CT molecular complexity index is 696. The molecule has 0 aliphatic heterocycles. The van der Waals surface area contributed by atoms with Crippen LogP contribution in [0, 0.1) is 0 Å². The maximum Gasteiger partial charge on any atom is 0.173 e. The van der Waals surface area contributed by atoms with Crippen LogP contribution in [0.2, 0.25) is 0 Å². The second kappa shape index (κ2) is 4.29. The van der Waals surface area contributed by atoms with Crippen LogP contribution < -0.4 is 11.1 Å². The highest BCUT2D eigenvalue weighted by molar-refractivity contribution is 5.83. The number of benzene rings is 1. The van der Waals surface area contributed by atoms with Gasteiger partial charge in [-0.15, -0.1) is 0 Å². The van der Waals surface area contributed by atoms with E-state index in [1.54, 1.807) is 18.6 Å². The maximum atomic E-state index is 5.73. The monoisotopic (exact) mass is 237 g/mol. The highest BCUT2D eigenvalue weighted by Crippen LogP contribution is 2.21. The van der Waals surface area contributed by atoms with E-state index < -0.39 is 0 Å². The van der Waals surface area contributed by atoms with Gasteiger partial charge in [0.2, 0.25) is 0 Å². The van der Waals surface area contributed by atoms with Crippen molar-refractivity contribution in [1.29, 1.82) is 0 Å². The molecule has 18 heavy (non-hydrogen) atoms. The van der Waals surface area contributed by atoms with Crippen molar-refractivity contribution in [3.63, 3.8) is 0 Å². The molecule has 3 rings (SSSR count). The number of hydrogen-bond acceptors (Lipinski definition) is 5. The zero-order valence-electron chi connectivity index (χ0n) is 9.54. The summed E-state index contributed by atoms with van der Waals surface area (Å²) >= 11 is 0. The highest BCUT2D eigenvalue weighted by Gasteiger charge is 2.02. The summed E-state index contributed by atoms with van der Waals surface area (Å²) in [4.78, 5) is 12.4. The minimum Gasteiger partial charge on any atom is -0.381 e. The number of hydrogen-bond donors (Lipinski definition) is 2. The molecular formula is C13H11N5. The van der Waals surface area contributed by atoms with Crippen LogP contribution in [0.1, 0.15) is 0 Å². The lowest BCUT2D eigenvalue weighted by atomic mass is 10.2. The summed E-state index contributed by atoms with van der Waals surface area (Å²) in [6.45, 7) is 0. The topological polar surface area (TPSA) is 76.7 Å². The van der Waals surface area contributed by atoms with E-state index in [1.807, 2.05) is 30.3 Å². The number of rotatable bonds is 2. The van der Waals surface area contributed by atoms with Gasteiger partial charge in [-0.3, -0.25) is 4.98 Å². The molecule has 0 bridgehead atoms. The summed E-state index contributed by atoms with van der Waals surface area (Å²) < 4.78 is 0. The van der Waals surface area contributed by atoms with E-state index in [-0.39, 0.29) is 0 Å². The lowest BCUT2D eigenvalue weighted by Crippen LogP contribution is -2.00. The van der Waals surface area contributed by atoms with Gasteiger partial charge in [0.1, 0.15) is 0 Å². The molecule has 5 heteroatoms. The lowest BCUT2D eigenvalue weighted by Gasteiger charge is -2.07. The summed E-state index contributed by atoms with van der Waals surface area (Å²) in [5.74, 6) is 0.935. The summed E-state index contributed by atoms with van der Waals surface area (Å²) in [6.07, 6.45) is 4.93. The summed E-state index contributed by atoms with van der Waals surface area (Å²) in [7, 11) is 0. The molecule has 1 aromatic carbocycles. The number of aromatic nitrogens is 3. The number of fused-ring (bicyclic) bond motifs is 1. The van der Waals surface area contributed by atoms with Crippen LogP contribution in [-0.4, -0.2) is 15.0 Å². The molecule has 0 radical (unpaired) electrons. The molecule has 3 N–H and O–H groups in total. The van der Waals surface area contributed by atoms with Crippen LogP contribution in [0.3, 0.4) is 0 Å². The smallest absolute Gasteiger partial charge is 0.173 e. The number of nitrogens with zero attached hydrogens (tertiary/aromatic N) is 3. The van der Waals surface area contributed by atoms with Crippen molar-refractivity contribution >= 4 is 28.2 Å². The third-order valence-electron chi connectivity index (χ3n) is 2.59. The molecular weight excluding hydrogens is 226 g/mol. The van der Waals surface area contributed by atoms with E-state index in [9.17, 15) is 0 Å². The standard InChI is InChI=1S/C13H11N5/c14-12-13(17-7-6-16-12)18-10-3-4-11-9(8-10)2-1-5-15-11/h1-8H,(H2,14,16)(H,17,18). The van der Waals surface area contributed by atoms with Gasteiger partial charge in [0.15, 0.2) is 11.6 Å². The molecule has 0 spiro atoms. The van der Waals surface area contributed by atoms with Gasteiger partial charge >= 0.3 is 0 Å². The Morgan fingerprint density at radius 3 is 2.72 bits per heavy atom. The number of nitrogen functional groups attached to an aromatic ring is 1. The maximum absolute atomic E-state index is 5.73. The third kappa shape index (κ3) is 1.93. The zero-order valence-corrected chi connectivity index (χ0v) is 9.54. The molecule has 3 aromatic rings. The molecule has 0 saturated heterocycles. The van der Waals surface area contributed by atoms with Crippen molar-refractivity contribution in [2.45, 2.75) is 0 Å². The molecule has 0 fully saturated rings. The summed E-state index contributed by atoms with van der Waals surface area (Å²) in [5, 5.41) is 4.20. The van der Waals surface area contributed by atoms with Gasteiger partial charge in [0.25, 0.3) is 0 Å². The first-order valence-electron chi connectivity index (χ1n) is 5.51. The number of nitrogens with one attached hydrogen (secondary N) is 1. The predicted molar refractivity (Wildman–Crippen MR) is 71.5 cm³/mol. The van der Waals surface area contributed by atoms with Gasteiger partial charge < -0.3 is 11.1 Å². The molecule has 0 amide bonds. The number of nitrogens with two attached hydrogens (primary N) is 1. The van der Waals surface area contributed by atoms with Crippen molar-refractivity contribution in [2.24, 2.45) is 0 Å². The second-order valence-electron chi connectivity index (χ2n) is 3.83. The van der Waals surface area contributed by atoms with Gasteiger partial charge in [0, 0.05) is 29.7 Å². The Kier molecular flexibility index (Phi) is 2.49. The Morgan fingerprint density at radius 1 is 0.944 bits per heavy atom. The van der Waals surface area contributed by atoms with Crippen LogP contribution in [0.4, 0.5) is 17.3 Å². The van der Waals surface area contributed by atoms with Gasteiger partial charge in [0.05, 0.1) is 5.52 Å². The largest absolute Gasteiger partial charge is 0.381 e. The van der Waals surface area contributed by atoms with E-state index in [1.165, 1.54) is 0 Å². The Hall–Kier alpha value is -2.69. The molecule has 5 nitrogen and oxygen atoms in total. The van der Waals surface area contributed by atoms with Crippen LogP contribution >= 0.6 is 0 Å². The van der Waals surface area contributed by atoms with E-state index in [4.69, 9.17) is 5.73 Å². The number of anilines is 3. The van der Waals surface area contributed by atoms with Crippen LogP contribution in [0.25, 0.3) is 10.9 Å². The van der Waals surface area contributed by atoms with Crippen molar-refractivity contribution in [3.8, 4) is 0 Å². The highest BCUT2D eigenvalue weighted by atomic mass is 15.0. The van der Waals surface area contributed by atoms with Gasteiger partial charge in [-0.25, -0.2) is 9.97 Å². The molecule has 0 atom stereocenters. The second-order valence-corrected chi connectivity index (χ2v) is 3.83. The van der Waals surface area contributed by atoms with Crippen LogP contribution in [0.5, 0.6) is 0 Å². The Balaban J connectivity index is 1.98. The molecule has 88 valence electrons. The summed E-state index contributed by atoms with van der Waals surface area (Å²) in [6, 6.07) is 9.79. The summed E-state index contributed by atoms with van der Waals surface area (Å²) in [5.41, 5.74) is 7.59. The van der Waals surface area contributed by atoms with E-state index in [2.05, 4.69) is 20.3 Å². The quantitative estimate of drug-likeness (QED) is 0.715. The fourth-order valence-corrected chi connectivity index (χ4v) is 1.74. The average Bonchev–Trinajstić information content (AvgIpc) is 2.41. The van der Waals surface area contributed by atoms with Gasteiger partial charge in [-0.2, -0.15) is 0 Å². The van der Waals surface area contributed by atoms with Gasteiger partial charge in [-0.05, 0) is 24.3 Å². The Morgan fingerprint density at radius 2 is 1.83 bits per heavy atom. The minimum atomic E-state index is 0.379. The molecule has 0 aliphatic rings. The minimum absolute atomic E-state index is 0.379. The van der Waals surface area contributed by atoms with Crippen LogP contribution in [-0.2, 0) is 0 Å².